The van der Waals surface area contributed by atoms with Gasteiger partial charge in [-0.15, -0.1) is 0 Å². The summed E-state index contributed by atoms with van der Waals surface area (Å²) in [5.41, 5.74) is 12.6. The largest absolute Gasteiger partial charge is 0.380 e. The molecule has 0 aliphatic heterocycles. The molecule has 0 bridgehead atoms. The minimum Gasteiger partial charge on any atom is -0.380 e. The summed E-state index contributed by atoms with van der Waals surface area (Å²) in [5, 5.41) is 11.3. The van der Waals surface area contributed by atoms with Gasteiger partial charge < -0.3 is 31.7 Å². The second-order valence-electron chi connectivity index (χ2n) is 7.91. The minimum atomic E-state index is -0.821. The Hall–Kier alpha value is -3.51. The quantitative estimate of drug-likeness (QED) is 0.354. The van der Waals surface area contributed by atoms with Crippen LogP contribution in [0.25, 0.3) is 11.0 Å². The lowest BCUT2D eigenvalue weighted by molar-refractivity contribution is 0.100. The van der Waals surface area contributed by atoms with Gasteiger partial charge in [-0.05, 0) is 26.0 Å². The molecule has 3 aromatic rings. The number of primary amides is 1. The third-order valence-corrected chi connectivity index (χ3v) is 5.04. The number of nitrogens with one attached hydrogen (secondary N) is 2. The molecule has 0 fully saturated rings. The predicted octanol–water partition coefficient (Wildman–Crippen LogP) is 1.58. The lowest BCUT2D eigenvalue weighted by Gasteiger charge is -2.23. The number of amides is 1. The van der Waals surface area contributed by atoms with Crippen molar-refractivity contribution in [2.45, 2.75) is 25.9 Å². The Morgan fingerprint density at radius 1 is 1.33 bits per heavy atom. The maximum absolute atomic E-state index is 14.8. The smallest absolute Gasteiger partial charge is 0.252 e. The monoisotopic (exact) mass is 459 g/mol. The predicted molar refractivity (Wildman–Crippen MR) is 126 cm³/mol. The van der Waals surface area contributed by atoms with E-state index in [1.807, 2.05) is 32.0 Å². The van der Waals surface area contributed by atoms with Crippen molar-refractivity contribution in [3.63, 3.8) is 0 Å². The Morgan fingerprint density at radius 3 is 2.67 bits per heavy atom. The molecule has 1 amide bonds. The fourth-order valence-corrected chi connectivity index (χ4v) is 3.28. The summed E-state index contributed by atoms with van der Waals surface area (Å²) in [5.74, 6) is -0.814. The van der Waals surface area contributed by atoms with Crippen molar-refractivity contribution >= 4 is 40.1 Å². The molecule has 0 radical (unpaired) electrons. The van der Waals surface area contributed by atoms with Crippen molar-refractivity contribution < 1.29 is 13.9 Å². The van der Waals surface area contributed by atoms with Crippen LogP contribution in [0.2, 0.25) is 0 Å². The van der Waals surface area contributed by atoms with Crippen LogP contribution in [0.1, 0.15) is 24.2 Å². The zero-order valence-corrected chi connectivity index (χ0v) is 19.4. The van der Waals surface area contributed by atoms with Gasteiger partial charge in [-0.3, -0.25) is 4.79 Å². The highest BCUT2D eigenvalue weighted by Gasteiger charge is 2.21. The van der Waals surface area contributed by atoms with E-state index in [1.54, 1.807) is 24.9 Å². The van der Waals surface area contributed by atoms with Crippen LogP contribution in [0.15, 0.2) is 18.3 Å². The highest BCUT2D eigenvalue weighted by atomic mass is 19.1. The van der Waals surface area contributed by atoms with Crippen LogP contribution in [0.5, 0.6) is 0 Å². The van der Waals surface area contributed by atoms with E-state index in [9.17, 15) is 9.18 Å². The molecule has 0 aliphatic carbocycles. The van der Waals surface area contributed by atoms with E-state index in [1.165, 1.54) is 0 Å². The molecule has 0 saturated carbocycles. The molecule has 0 saturated heterocycles. The zero-order valence-electron chi connectivity index (χ0n) is 19.4. The van der Waals surface area contributed by atoms with Crippen molar-refractivity contribution in [3.05, 3.63) is 29.7 Å². The van der Waals surface area contributed by atoms with E-state index in [0.29, 0.717) is 17.9 Å². The van der Waals surface area contributed by atoms with E-state index >= 15 is 0 Å². The van der Waals surface area contributed by atoms with Crippen molar-refractivity contribution in [2.75, 3.05) is 42.8 Å². The SMILES string of the molecule is CCOC[C@@H](Nc1nc(Nc2cnc3c(c2)c(N(C)C)nn3C)c(C(N)=O)cc1F)[C@H](C)N. The molecule has 0 aliphatic rings. The molecular weight excluding hydrogens is 429 g/mol. The molecule has 178 valence electrons. The number of aryl methyl sites for hydroxylation is 1. The van der Waals surface area contributed by atoms with Crippen LogP contribution in [-0.2, 0) is 11.8 Å². The van der Waals surface area contributed by atoms with Crippen molar-refractivity contribution in [2.24, 2.45) is 18.5 Å². The molecule has 3 aromatic heterocycles. The highest BCUT2D eigenvalue weighted by molar-refractivity contribution is 5.99. The molecule has 12 heteroatoms. The van der Waals surface area contributed by atoms with Crippen molar-refractivity contribution in [1.82, 2.24) is 19.7 Å². The molecule has 0 unspecified atom stereocenters. The van der Waals surface area contributed by atoms with Crippen LogP contribution in [0.3, 0.4) is 0 Å². The lowest BCUT2D eigenvalue weighted by atomic mass is 10.1. The number of aromatic nitrogens is 4. The molecule has 3 rings (SSSR count). The first-order valence-electron chi connectivity index (χ1n) is 10.5. The second kappa shape index (κ2) is 9.96. The number of nitrogens with two attached hydrogens (primary N) is 2. The van der Waals surface area contributed by atoms with Gasteiger partial charge in [0.15, 0.2) is 23.1 Å². The molecule has 0 spiro atoms. The normalized spacial score (nSPS) is 13.1. The second-order valence-corrected chi connectivity index (χ2v) is 7.91. The van der Waals surface area contributed by atoms with Crippen molar-refractivity contribution in [3.8, 4) is 0 Å². The summed E-state index contributed by atoms with van der Waals surface area (Å²) < 4.78 is 21.9. The lowest BCUT2D eigenvalue weighted by Crippen LogP contribution is -2.42. The number of halogens is 1. The first-order chi connectivity index (χ1) is 15.6. The first-order valence-corrected chi connectivity index (χ1v) is 10.5. The van der Waals surface area contributed by atoms with E-state index in [-0.39, 0.29) is 29.8 Å². The number of anilines is 4. The van der Waals surface area contributed by atoms with Gasteiger partial charge in [-0.2, -0.15) is 5.10 Å². The van der Waals surface area contributed by atoms with Gasteiger partial charge in [-0.25, -0.2) is 19.0 Å². The molecule has 3 heterocycles. The third-order valence-electron chi connectivity index (χ3n) is 5.04. The van der Waals surface area contributed by atoms with Crippen LogP contribution in [0.4, 0.5) is 27.5 Å². The molecule has 11 nitrogen and oxygen atoms in total. The van der Waals surface area contributed by atoms with Crippen LogP contribution in [-0.4, -0.2) is 65.0 Å². The zero-order chi connectivity index (χ0) is 24.3. The summed E-state index contributed by atoms with van der Waals surface area (Å²) in [4.78, 5) is 22.6. The standard InChI is InChI=1S/C21H30FN9O2/c1-6-33-10-16(11(2)23)27-19-15(22)8-13(17(24)32)18(28-19)26-12-7-14-20(25-9-12)31(5)29-21(14)30(3)4/h7-9,11,16H,6,10,23H2,1-5H3,(H2,24,32)(H2,26,27,28)/t11-,16+/m0/s1. The summed E-state index contributed by atoms with van der Waals surface area (Å²) >= 11 is 0. The van der Waals surface area contributed by atoms with Gasteiger partial charge in [0.05, 0.1) is 35.5 Å². The first kappa shape index (κ1) is 24.1. The maximum atomic E-state index is 14.8. The van der Waals surface area contributed by atoms with E-state index in [0.717, 1.165) is 17.3 Å². The van der Waals surface area contributed by atoms with Crippen LogP contribution < -0.4 is 27.0 Å². The third kappa shape index (κ3) is 5.29. The Balaban J connectivity index is 2.00. The molecule has 6 N–H and O–H groups in total. The number of carbonyl (C=O) groups excluding carboxylic acids is 1. The average molecular weight is 460 g/mol. The number of carbonyl (C=O) groups is 1. The topological polar surface area (TPSA) is 149 Å². The number of nitrogens with zero attached hydrogens (tertiary/aromatic N) is 5. The maximum Gasteiger partial charge on any atom is 0.252 e. The number of fused-ring (bicyclic) bond motifs is 1. The fraction of sp³-hybridized carbons (Fsp3) is 0.429. The Bertz CT molecular complexity index is 1150. The number of hydrogen-bond acceptors (Lipinski definition) is 9. The van der Waals surface area contributed by atoms with Gasteiger partial charge in [0.25, 0.3) is 5.91 Å². The van der Waals surface area contributed by atoms with Gasteiger partial charge >= 0.3 is 0 Å². The highest BCUT2D eigenvalue weighted by Crippen LogP contribution is 2.29. The van der Waals surface area contributed by atoms with E-state index in [2.05, 4.69) is 25.7 Å². The average Bonchev–Trinajstić information content (AvgIpc) is 3.08. The van der Waals surface area contributed by atoms with Gasteiger partial charge in [0, 0.05) is 33.8 Å². The number of hydrogen-bond donors (Lipinski definition) is 4. The molecule has 0 aromatic carbocycles. The van der Waals surface area contributed by atoms with Crippen molar-refractivity contribution in [1.29, 1.82) is 0 Å². The molecular formula is C21H30FN9O2. The van der Waals surface area contributed by atoms with Gasteiger partial charge in [-0.1, -0.05) is 0 Å². The van der Waals surface area contributed by atoms with E-state index < -0.39 is 17.8 Å². The number of pyridine rings is 2. The minimum absolute atomic E-state index is 0.0751. The van der Waals surface area contributed by atoms with Crippen LogP contribution in [0, 0.1) is 5.82 Å². The van der Waals surface area contributed by atoms with E-state index in [4.69, 9.17) is 16.2 Å². The molecule has 2 atom stereocenters. The van der Waals surface area contributed by atoms with Crippen LogP contribution >= 0.6 is 0 Å². The fourth-order valence-electron chi connectivity index (χ4n) is 3.28. The Kier molecular flexibility index (Phi) is 7.29. The summed E-state index contributed by atoms with van der Waals surface area (Å²) in [7, 11) is 5.56. The number of rotatable bonds is 10. The summed E-state index contributed by atoms with van der Waals surface area (Å²) in [6, 6.07) is 2.13. The summed E-state index contributed by atoms with van der Waals surface area (Å²) in [6.45, 7) is 4.40. The molecule has 33 heavy (non-hydrogen) atoms. The van der Waals surface area contributed by atoms with Gasteiger partial charge in [0.1, 0.15) is 5.82 Å². The number of ether oxygens (including phenoxy) is 1. The Morgan fingerprint density at radius 2 is 2.06 bits per heavy atom. The van der Waals surface area contributed by atoms with Gasteiger partial charge in [0.2, 0.25) is 0 Å². The Labute approximate surface area is 191 Å². The summed E-state index contributed by atoms with van der Waals surface area (Å²) in [6.07, 6.45) is 1.58.